The van der Waals surface area contributed by atoms with E-state index in [-0.39, 0.29) is 22.2 Å². The Bertz CT molecular complexity index is 1340. The maximum absolute atomic E-state index is 13.2. The van der Waals surface area contributed by atoms with Crippen molar-refractivity contribution in [2.24, 2.45) is 0 Å². The van der Waals surface area contributed by atoms with Gasteiger partial charge in [-0.1, -0.05) is 47.1 Å². The molecule has 0 unspecified atom stereocenters. The number of nitrogens with one attached hydrogen (secondary N) is 1. The van der Waals surface area contributed by atoms with Crippen molar-refractivity contribution in [1.29, 1.82) is 0 Å². The van der Waals surface area contributed by atoms with Gasteiger partial charge in [-0.3, -0.25) is 14.2 Å². The first-order valence-corrected chi connectivity index (χ1v) is 10.8. The van der Waals surface area contributed by atoms with Crippen LogP contribution in [0, 0.1) is 5.82 Å². The monoisotopic (exact) mass is 473 g/mol. The lowest BCUT2D eigenvalue weighted by Crippen LogP contribution is -2.23. The SMILES string of the molecule is O=C(CSc1nc2ccccc2c(=O)n1-c1ccc(Cl)cc1Cl)Nc1ccc(F)cc1. The van der Waals surface area contributed by atoms with E-state index >= 15 is 0 Å². The van der Waals surface area contributed by atoms with Gasteiger partial charge in [0, 0.05) is 10.7 Å². The van der Waals surface area contributed by atoms with E-state index in [0.29, 0.717) is 32.5 Å². The van der Waals surface area contributed by atoms with Gasteiger partial charge in [0.05, 0.1) is 27.4 Å². The summed E-state index contributed by atoms with van der Waals surface area (Å²) in [5.74, 6) is -0.739. The molecule has 0 radical (unpaired) electrons. The molecule has 0 aliphatic carbocycles. The molecule has 9 heteroatoms. The van der Waals surface area contributed by atoms with Crippen LogP contribution in [0.2, 0.25) is 10.0 Å². The van der Waals surface area contributed by atoms with Gasteiger partial charge in [-0.25, -0.2) is 9.37 Å². The van der Waals surface area contributed by atoms with Crippen molar-refractivity contribution in [2.45, 2.75) is 5.16 Å². The highest BCUT2D eigenvalue weighted by Gasteiger charge is 2.17. The second kappa shape index (κ2) is 9.09. The molecule has 0 atom stereocenters. The molecular weight excluding hydrogens is 460 g/mol. The topological polar surface area (TPSA) is 64.0 Å². The number of aromatic nitrogens is 2. The zero-order valence-corrected chi connectivity index (χ0v) is 18.1. The van der Waals surface area contributed by atoms with Gasteiger partial charge in [0.25, 0.3) is 5.56 Å². The number of halogens is 3. The summed E-state index contributed by atoms with van der Waals surface area (Å²) in [6.07, 6.45) is 0. The number of fused-ring (bicyclic) bond motifs is 1. The van der Waals surface area contributed by atoms with Crippen molar-refractivity contribution >= 4 is 57.5 Å². The van der Waals surface area contributed by atoms with Crippen LogP contribution in [0.3, 0.4) is 0 Å². The normalized spacial score (nSPS) is 10.9. The minimum absolute atomic E-state index is 0.0205. The molecule has 31 heavy (non-hydrogen) atoms. The summed E-state index contributed by atoms with van der Waals surface area (Å²) < 4.78 is 14.4. The van der Waals surface area contributed by atoms with E-state index in [9.17, 15) is 14.0 Å². The fourth-order valence-corrected chi connectivity index (χ4v) is 4.24. The molecule has 0 saturated carbocycles. The predicted octanol–water partition coefficient (Wildman–Crippen LogP) is 5.56. The lowest BCUT2D eigenvalue weighted by atomic mass is 10.2. The van der Waals surface area contributed by atoms with E-state index < -0.39 is 5.82 Å². The van der Waals surface area contributed by atoms with Crippen LogP contribution < -0.4 is 10.9 Å². The summed E-state index contributed by atoms with van der Waals surface area (Å²) in [7, 11) is 0. The molecule has 156 valence electrons. The molecule has 4 aromatic rings. The Kier molecular flexibility index (Phi) is 6.27. The van der Waals surface area contributed by atoms with Crippen LogP contribution in [0.1, 0.15) is 0 Å². The van der Waals surface area contributed by atoms with Crippen molar-refractivity contribution in [1.82, 2.24) is 9.55 Å². The first-order chi connectivity index (χ1) is 14.9. The largest absolute Gasteiger partial charge is 0.325 e. The number of carbonyl (C=O) groups is 1. The molecule has 1 heterocycles. The molecule has 3 aromatic carbocycles. The highest BCUT2D eigenvalue weighted by atomic mass is 35.5. The van der Waals surface area contributed by atoms with Gasteiger partial charge in [-0.2, -0.15) is 0 Å². The Morgan fingerprint density at radius 3 is 2.55 bits per heavy atom. The molecule has 4 rings (SSSR count). The number of benzene rings is 3. The molecule has 0 fully saturated rings. The first kappa shape index (κ1) is 21.4. The van der Waals surface area contributed by atoms with Crippen LogP contribution in [0.15, 0.2) is 76.7 Å². The van der Waals surface area contributed by atoms with Crippen molar-refractivity contribution in [3.05, 3.63) is 92.9 Å². The van der Waals surface area contributed by atoms with Gasteiger partial charge in [0.2, 0.25) is 5.91 Å². The third kappa shape index (κ3) is 4.74. The maximum Gasteiger partial charge on any atom is 0.266 e. The number of carbonyl (C=O) groups excluding carboxylic acids is 1. The predicted molar refractivity (Wildman–Crippen MR) is 123 cm³/mol. The molecule has 1 N–H and O–H groups in total. The molecule has 0 aliphatic rings. The average molecular weight is 474 g/mol. The number of hydrogen-bond donors (Lipinski definition) is 1. The second-order valence-electron chi connectivity index (χ2n) is 6.49. The zero-order valence-electron chi connectivity index (χ0n) is 15.8. The van der Waals surface area contributed by atoms with E-state index in [2.05, 4.69) is 10.3 Å². The van der Waals surface area contributed by atoms with Gasteiger partial charge in [-0.15, -0.1) is 0 Å². The van der Waals surface area contributed by atoms with Crippen molar-refractivity contribution < 1.29 is 9.18 Å². The molecule has 1 aromatic heterocycles. The number of amides is 1. The number of thioether (sulfide) groups is 1. The number of anilines is 1. The highest BCUT2D eigenvalue weighted by Crippen LogP contribution is 2.28. The summed E-state index contributed by atoms with van der Waals surface area (Å²) in [4.78, 5) is 30.2. The molecule has 5 nitrogen and oxygen atoms in total. The van der Waals surface area contributed by atoms with Crippen LogP contribution in [-0.2, 0) is 4.79 Å². The Balaban J connectivity index is 1.69. The standard InChI is InChI=1S/C22H14Cl2FN3O2S/c23-13-5-10-19(17(24)11-13)28-21(30)16-3-1-2-4-18(16)27-22(28)31-12-20(29)26-15-8-6-14(25)7-9-15/h1-11H,12H2,(H,26,29). The van der Waals surface area contributed by atoms with Gasteiger partial charge in [0.1, 0.15) is 5.82 Å². The van der Waals surface area contributed by atoms with Gasteiger partial charge < -0.3 is 5.32 Å². The molecule has 0 saturated heterocycles. The fraction of sp³-hybridized carbons (Fsp3) is 0.0455. The number of hydrogen-bond acceptors (Lipinski definition) is 4. The Morgan fingerprint density at radius 2 is 1.81 bits per heavy atom. The van der Waals surface area contributed by atoms with Gasteiger partial charge in [-0.05, 0) is 54.6 Å². The first-order valence-electron chi connectivity index (χ1n) is 9.08. The fourth-order valence-electron chi connectivity index (χ4n) is 2.94. The minimum Gasteiger partial charge on any atom is -0.325 e. The number of nitrogens with zero attached hydrogens (tertiary/aromatic N) is 2. The van der Waals surface area contributed by atoms with E-state index in [1.54, 1.807) is 36.4 Å². The summed E-state index contributed by atoms with van der Waals surface area (Å²) in [6, 6.07) is 17.2. The third-order valence-corrected chi connectivity index (χ3v) is 5.83. The van der Waals surface area contributed by atoms with E-state index in [1.807, 2.05) is 0 Å². The highest BCUT2D eigenvalue weighted by molar-refractivity contribution is 7.99. The molecule has 0 spiro atoms. The maximum atomic E-state index is 13.2. The number of rotatable bonds is 5. The van der Waals surface area contributed by atoms with Crippen molar-refractivity contribution in [3.63, 3.8) is 0 Å². The lowest BCUT2D eigenvalue weighted by Gasteiger charge is -2.14. The van der Waals surface area contributed by atoms with Crippen LogP contribution in [0.25, 0.3) is 16.6 Å². The van der Waals surface area contributed by atoms with Crippen molar-refractivity contribution in [3.8, 4) is 5.69 Å². The Hall–Kier alpha value is -2.87. The lowest BCUT2D eigenvalue weighted by molar-refractivity contribution is -0.113. The second-order valence-corrected chi connectivity index (χ2v) is 8.28. The summed E-state index contributed by atoms with van der Waals surface area (Å²) in [6.45, 7) is 0. The van der Waals surface area contributed by atoms with E-state index in [1.165, 1.54) is 34.9 Å². The van der Waals surface area contributed by atoms with E-state index in [0.717, 1.165) is 11.8 Å². The molecule has 0 bridgehead atoms. The Morgan fingerprint density at radius 1 is 1.06 bits per heavy atom. The molecule has 0 aliphatic heterocycles. The van der Waals surface area contributed by atoms with Gasteiger partial charge >= 0.3 is 0 Å². The summed E-state index contributed by atoms with van der Waals surface area (Å²) in [5.41, 5.74) is 1.08. The van der Waals surface area contributed by atoms with Crippen LogP contribution in [0.4, 0.5) is 10.1 Å². The van der Waals surface area contributed by atoms with Crippen LogP contribution in [0.5, 0.6) is 0 Å². The summed E-state index contributed by atoms with van der Waals surface area (Å²) >= 11 is 13.4. The molecule has 1 amide bonds. The van der Waals surface area contributed by atoms with E-state index in [4.69, 9.17) is 23.2 Å². The minimum atomic E-state index is -0.392. The zero-order chi connectivity index (χ0) is 22.0. The smallest absolute Gasteiger partial charge is 0.266 e. The third-order valence-electron chi connectivity index (χ3n) is 4.36. The van der Waals surface area contributed by atoms with Gasteiger partial charge in [0.15, 0.2) is 5.16 Å². The van der Waals surface area contributed by atoms with Crippen LogP contribution >= 0.6 is 35.0 Å². The van der Waals surface area contributed by atoms with Crippen LogP contribution in [-0.4, -0.2) is 21.2 Å². The number of para-hydroxylation sites is 1. The van der Waals surface area contributed by atoms with Crippen molar-refractivity contribution in [2.75, 3.05) is 11.1 Å². The molecular formula is C22H14Cl2FN3O2S. The average Bonchev–Trinajstić information content (AvgIpc) is 2.75. The quantitative estimate of drug-likeness (QED) is 0.304. The Labute approximate surface area is 190 Å². The summed E-state index contributed by atoms with van der Waals surface area (Å²) in [5, 5.41) is 4.13.